The molecule has 3 nitrogen and oxygen atoms in total. The van der Waals surface area contributed by atoms with Crippen molar-refractivity contribution in [2.75, 3.05) is 0 Å². The summed E-state index contributed by atoms with van der Waals surface area (Å²) in [5, 5.41) is 11.8. The van der Waals surface area contributed by atoms with E-state index in [0.29, 0.717) is 17.3 Å². The molecule has 0 saturated carbocycles. The van der Waals surface area contributed by atoms with E-state index in [1.165, 1.54) is 5.56 Å². The van der Waals surface area contributed by atoms with Gasteiger partial charge in [0.25, 0.3) is 0 Å². The first-order valence-electron chi connectivity index (χ1n) is 5.28. The molecule has 0 radical (unpaired) electrons. The lowest BCUT2D eigenvalue weighted by Crippen LogP contribution is -2.29. The van der Waals surface area contributed by atoms with Crippen LogP contribution in [0.5, 0.6) is 0 Å². The average Bonchev–Trinajstić information content (AvgIpc) is 2.50. The Kier molecular flexibility index (Phi) is 2.46. The Bertz CT molecular complexity index is 541. The zero-order chi connectivity index (χ0) is 11.9. The van der Waals surface area contributed by atoms with Gasteiger partial charge in [-0.1, -0.05) is 6.07 Å². The maximum Gasteiger partial charge on any atom is 0.392 e. The minimum absolute atomic E-state index is 0.373. The zero-order valence-corrected chi connectivity index (χ0v) is 10.00. The van der Waals surface area contributed by atoms with Crippen molar-refractivity contribution in [3.8, 4) is 11.5 Å². The van der Waals surface area contributed by atoms with E-state index in [4.69, 9.17) is 4.42 Å². The third-order valence-electron chi connectivity index (χ3n) is 3.00. The number of benzene rings is 1. The van der Waals surface area contributed by atoms with Gasteiger partial charge in [0, 0.05) is 13.8 Å². The smallest absolute Gasteiger partial charge is 0.392 e. The van der Waals surface area contributed by atoms with Gasteiger partial charge in [-0.25, -0.2) is 0 Å². The summed E-state index contributed by atoms with van der Waals surface area (Å²) in [6.07, 6.45) is 0. The summed E-state index contributed by atoms with van der Waals surface area (Å²) in [5.74, 6) is 1.04. The van der Waals surface area contributed by atoms with E-state index in [1.54, 1.807) is 13.8 Å². The highest BCUT2D eigenvalue weighted by atomic mass is 16.5. The molecule has 2 aromatic rings. The standard InChI is InChI=1S/C13H15NO2/c1-8-5-6-12(7-9(8)2)13-14(15)10(3)11(4)16-13/h5-7H,1-4H3. The summed E-state index contributed by atoms with van der Waals surface area (Å²) in [7, 11) is 0. The zero-order valence-electron chi connectivity index (χ0n) is 10.00. The molecule has 0 aliphatic rings. The second-order valence-corrected chi connectivity index (χ2v) is 4.14. The van der Waals surface area contributed by atoms with Gasteiger partial charge in [0.05, 0.1) is 5.56 Å². The molecule has 0 aliphatic carbocycles. The summed E-state index contributed by atoms with van der Waals surface area (Å²) in [4.78, 5) is 0. The molecule has 0 atom stereocenters. The van der Waals surface area contributed by atoms with Crippen LogP contribution >= 0.6 is 0 Å². The minimum Gasteiger partial charge on any atom is -0.616 e. The molecule has 0 saturated heterocycles. The molecule has 0 bridgehead atoms. The molecule has 1 aromatic heterocycles. The largest absolute Gasteiger partial charge is 0.616 e. The topological polar surface area (TPSA) is 40.1 Å². The summed E-state index contributed by atoms with van der Waals surface area (Å²) in [6.45, 7) is 7.63. The van der Waals surface area contributed by atoms with E-state index in [9.17, 15) is 5.21 Å². The van der Waals surface area contributed by atoms with E-state index in [2.05, 4.69) is 0 Å². The number of hydrogen-bond donors (Lipinski definition) is 0. The summed E-state index contributed by atoms with van der Waals surface area (Å²) >= 11 is 0. The molecular weight excluding hydrogens is 202 g/mol. The van der Waals surface area contributed by atoms with Gasteiger partial charge in [0.15, 0.2) is 5.76 Å². The van der Waals surface area contributed by atoms with Gasteiger partial charge < -0.3 is 9.62 Å². The second kappa shape index (κ2) is 3.67. The van der Waals surface area contributed by atoms with Crippen molar-refractivity contribution >= 4 is 0 Å². The van der Waals surface area contributed by atoms with Gasteiger partial charge in [-0.2, -0.15) is 0 Å². The molecule has 0 spiro atoms. The highest BCUT2D eigenvalue weighted by Crippen LogP contribution is 2.21. The number of aryl methyl sites for hydroxylation is 3. The first kappa shape index (κ1) is 10.7. The van der Waals surface area contributed by atoms with E-state index in [0.717, 1.165) is 15.9 Å². The lowest BCUT2D eigenvalue weighted by atomic mass is 10.1. The Hall–Kier alpha value is -1.77. The van der Waals surface area contributed by atoms with Crippen molar-refractivity contribution < 1.29 is 9.15 Å². The van der Waals surface area contributed by atoms with Gasteiger partial charge in [0.1, 0.15) is 0 Å². The lowest BCUT2D eigenvalue weighted by Gasteiger charge is -2.01. The molecule has 0 amide bonds. The molecule has 1 heterocycles. The van der Waals surface area contributed by atoms with Crippen LogP contribution in [0.3, 0.4) is 0 Å². The molecule has 0 unspecified atom stereocenters. The van der Waals surface area contributed by atoms with E-state index < -0.39 is 0 Å². The molecule has 1 aromatic carbocycles. The predicted octanol–water partition coefficient (Wildman–Crippen LogP) is 2.81. The van der Waals surface area contributed by atoms with Crippen molar-refractivity contribution in [2.24, 2.45) is 0 Å². The van der Waals surface area contributed by atoms with Crippen LogP contribution in [0.15, 0.2) is 22.6 Å². The third-order valence-corrected chi connectivity index (χ3v) is 3.00. The maximum atomic E-state index is 11.8. The van der Waals surface area contributed by atoms with Crippen molar-refractivity contribution in [3.63, 3.8) is 0 Å². The summed E-state index contributed by atoms with van der Waals surface area (Å²) in [6, 6.07) is 5.88. The van der Waals surface area contributed by atoms with Crippen LogP contribution in [-0.2, 0) is 0 Å². The molecule has 0 N–H and O–H groups in total. The molecule has 0 aliphatic heterocycles. The number of nitrogens with zero attached hydrogens (tertiary/aromatic N) is 1. The number of oxazole rings is 1. The van der Waals surface area contributed by atoms with Crippen molar-refractivity contribution in [1.29, 1.82) is 0 Å². The van der Waals surface area contributed by atoms with Crippen molar-refractivity contribution in [1.82, 2.24) is 0 Å². The predicted molar refractivity (Wildman–Crippen MR) is 62.1 cm³/mol. The molecule has 0 fully saturated rings. The van der Waals surface area contributed by atoms with Crippen LogP contribution in [0.2, 0.25) is 0 Å². The quantitative estimate of drug-likeness (QED) is 0.544. The van der Waals surface area contributed by atoms with Crippen LogP contribution in [0.1, 0.15) is 22.6 Å². The monoisotopic (exact) mass is 217 g/mol. The highest BCUT2D eigenvalue weighted by Gasteiger charge is 2.20. The van der Waals surface area contributed by atoms with Crippen LogP contribution in [0, 0.1) is 32.9 Å². The van der Waals surface area contributed by atoms with Gasteiger partial charge >= 0.3 is 5.89 Å². The van der Waals surface area contributed by atoms with Crippen LogP contribution in [-0.4, -0.2) is 0 Å². The summed E-state index contributed by atoms with van der Waals surface area (Å²) in [5.41, 5.74) is 3.81. The van der Waals surface area contributed by atoms with E-state index in [1.807, 2.05) is 32.0 Å². The molecule has 2 rings (SSSR count). The van der Waals surface area contributed by atoms with Crippen molar-refractivity contribution in [2.45, 2.75) is 27.7 Å². The fourth-order valence-corrected chi connectivity index (χ4v) is 1.61. The fourth-order valence-electron chi connectivity index (χ4n) is 1.61. The Balaban J connectivity index is 2.59. The molecular formula is C13H15NO2. The fraction of sp³-hybridized carbons (Fsp3) is 0.308. The van der Waals surface area contributed by atoms with E-state index in [-0.39, 0.29) is 0 Å². The molecule has 3 heteroatoms. The normalized spacial score (nSPS) is 10.8. The number of rotatable bonds is 1. The first-order valence-corrected chi connectivity index (χ1v) is 5.28. The first-order chi connectivity index (χ1) is 7.50. The molecule has 16 heavy (non-hydrogen) atoms. The Morgan fingerprint density at radius 2 is 1.75 bits per heavy atom. The third kappa shape index (κ3) is 1.58. The maximum absolute atomic E-state index is 11.8. The summed E-state index contributed by atoms with van der Waals surface area (Å²) < 4.78 is 6.32. The Morgan fingerprint density at radius 1 is 1.06 bits per heavy atom. The molecule has 84 valence electrons. The van der Waals surface area contributed by atoms with Crippen molar-refractivity contribution in [3.05, 3.63) is 46.0 Å². The number of hydrogen-bond acceptors (Lipinski definition) is 2. The highest BCUT2D eigenvalue weighted by molar-refractivity contribution is 5.53. The Morgan fingerprint density at radius 3 is 2.25 bits per heavy atom. The van der Waals surface area contributed by atoms with Crippen LogP contribution in [0.4, 0.5) is 0 Å². The van der Waals surface area contributed by atoms with Gasteiger partial charge in [-0.05, 0) is 37.1 Å². The van der Waals surface area contributed by atoms with Crippen LogP contribution in [0.25, 0.3) is 11.5 Å². The lowest BCUT2D eigenvalue weighted by molar-refractivity contribution is -0.602. The SMILES string of the molecule is Cc1ccc(-c2oc(C)c(C)[n+]2[O-])cc1C. The van der Waals surface area contributed by atoms with E-state index >= 15 is 0 Å². The van der Waals surface area contributed by atoms with Crippen LogP contribution < -0.4 is 4.73 Å². The van der Waals surface area contributed by atoms with Gasteiger partial charge in [0.2, 0.25) is 5.69 Å². The average molecular weight is 217 g/mol. The number of aromatic nitrogens is 1. The minimum atomic E-state index is 0.373. The van der Waals surface area contributed by atoms with Gasteiger partial charge in [-0.15, -0.1) is 4.73 Å². The second-order valence-electron chi connectivity index (χ2n) is 4.14. The van der Waals surface area contributed by atoms with Gasteiger partial charge in [-0.3, -0.25) is 0 Å². The Labute approximate surface area is 94.9 Å².